The lowest BCUT2D eigenvalue weighted by atomic mass is 9.93. The number of rotatable bonds is 10. The summed E-state index contributed by atoms with van der Waals surface area (Å²) in [7, 11) is 0. The summed E-state index contributed by atoms with van der Waals surface area (Å²) in [6.45, 7) is 4.10. The van der Waals surface area contributed by atoms with Gasteiger partial charge in [-0.25, -0.2) is 19.0 Å². The van der Waals surface area contributed by atoms with Gasteiger partial charge in [0.2, 0.25) is 0 Å². The molecule has 4 aromatic carbocycles. The molecule has 0 saturated heterocycles. The number of nitrogens with zero attached hydrogens (tertiary/aromatic N) is 2. The zero-order valence-corrected chi connectivity index (χ0v) is 32.0. The van der Waals surface area contributed by atoms with Crippen molar-refractivity contribution in [2.24, 2.45) is 4.99 Å². The Bertz CT molecular complexity index is 2290. The fourth-order valence-electron chi connectivity index (χ4n) is 5.49. The first kappa shape index (κ1) is 35.7. The highest BCUT2D eigenvalue weighted by atomic mass is 127. The van der Waals surface area contributed by atoms with Crippen LogP contribution in [0.15, 0.2) is 106 Å². The number of carbonyl (C=O) groups excluding carboxylic acids is 2. The summed E-state index contributed by atoms with van der Waals surface area (Å²) in [4.78, 5) is 45.4. The summed E-state index contributed by atoms with van der Waals surface area (Å²) in [5.41, 5.74) is 3.39. The highest BCUT2D eigenvalue weighted by Crippen LogP contribution is 2.35. The molecule has 0 amide bonds. The molecular weight excluding hydrogens is 885 g/mol. The number of carbonyl (C=O) groups is 2. The number of aromatic nitrogens is 1. The van der Waals surface area contributed by atoms with Crippen molar-refractivity contribution < 1.29 is 28.2 Å². The Morgan fingerprint density at radius 3 is 2.28 bits per heavy atom. The average molecular weight is 915 g/mol. The molecule has 0 unspecified atom stereocenters. The van der Waals surface area contributed by atoms with Crippen molar-refractivity contribution in [1.82, 2.24) is 4.57 Å². The third-order valence-corrected chi connectivity index (χ3v) is 10.1. The van der Waals surface area contributed by atoms with Crippen LogP contribution in [-0.2, 0) is 20.9 Å². The molecule has 12 heteroatoms. The Morgan fingerprint density at radius 2 is 1.60 bits per heavy atom. The monoisotopic (exact) mass is 914 g/mol. The minimum absolute atomic E-state index is 0.120. The standard InChI is InChI=1S/C38H29FI2N2O6S/c1-3-47-36(45)25-12-10-22(11-13-25)21-49-34-26(18-28(40)20-29(34)41)19-30-35(44)43-33(24-14-16-27(39)17-15-24)31(37(46)48-4-2)32(42-38(43)50-30)23-8-6-5-7-9-23/h5-20,33H,3-4,21H2,1-2H3/b30-19-/t33-/m0/s1. The van der Waals surface area contributed by atoms with E-state index in [1.165, 1.54) is 28.0 Å². The fraction of sp³-hybridized carbons (Fsp3) is 0.158. The molecule has 6 rings (SSSR count). The highest BCUT2D eigenvalue weighted by molar-refractivity contribution is 14.1. The molecule has 0 spiro atoms. The minimum atomic E-state index is -0.924. The van der Waals surface area contributed by atoms with Crippen LogP contribution in [0.2, 0.25) is 0 Å². The lowest BCUT2D eigenvalue weighted by molar-refractivity contribution is -0.138. The summed E-state index contributed by atoms with van der Waals surface area (Å²) in [6, 6.07) is 25.0. The molecule has 0 radical (unpaired) electrons. The molecule has 1 aliphatic heterocycles. The zero-order chi connectivity index (χ0) is 35.4. The molecule has 1 atom stereocenters. The molecular formula is C38H29FI2N2O6S. The van der Waals surface area contributed by atoms with E-state index in [1.54, 1.807) is 44.2 Å². The van der Waals surface area contributed by atoms with E-state index in [4.69, 9.17) is 19.2 Å². The first-order chi connectivity index (χ1) is 24.2. The van der Waals surface area contributed by atoms with Gasteiger partial charge in [0.05, 0.1) is 44.2 Å². The van der Waals surface area contributed by atoms with E-state index in [2.05, 4.69) is 45.2 Å². The number of halogens is 3. The second kappa shape index (κ2) is 15.8. The van der Waals surface area contributed by atoms with E-state index in [0.717, 1.165) is 12.7 Å². The van der Waals surface area contributed by atoms with Gasteiger partial charge in [-0.3, -0.25) is 9.36 Å². The SMILES string of the molecule is CCOC(=O)C1=C(c2ccccc2)N=c2s/c(=C\c3cc(I)cc(I)c3OCc3ccc(C(=O)OCC)cc3)c(=O)n2[C@H]1c1ccc(F)cc1. The van der Waals surface area contributed by atoms with Crippen molar-refractivity contribution in [3.63, 3.8) is 0 Å². The van der Waals surface area contributed by atoms with E-state index in [9.17, 15) is 18.8 Å². The number of thiazole rings is 1. The second-order valence-corrected chi connectivity index (χ2v) is 14.4. The van der Waals surface area contributed by atoms with Crippen molar-refractivity contribution in [2.45, 2.75) is 26.5 Å². The largest absolute Gasteiger partial charge is 0.487 e. The second-order valence-electron chi connectivity index (χ2n) is 11.0. The van der Waals surface area contributed by atoms with Crippen molar-refractivity contribution in [1.29, 1.82) is 0 Å². The van der Waals surface area contributed by atoms with Gasteiger partial charge >= 0.3 is 11.9 Å². The number of ether oxygens (including phenoxy) is 3. The van der Waals surface area contributed by atoms with Crippen LogP contribution in [-0.4, -0.2) is 29.7 Å². The maximum atomic E-state index is 14.4. The average Bonchev–Trinajstić information content (AvgIpc) is 3.42. The van der Waals surface area contributed by atoms with E-state index in [-0.39, 0.29) is 30.3 Å². The lowest BCUT2D eigenvalue weighted by Crippen LogP contribution is -2.40. The maximum absolute atomic E-state index is 14.4. The first-order valence-electron chi connectivity index (χ1n) is 15.6. The lowest BCUT2D eigenvalue weighted by Gasteiger charge is -2.25. The summed E-state index contributed by atoms with van der Waals surface area (Å²) in [5, 5.41) is 0. The van der Waals surface area contributed by atoms with Crippen LogP contribution in [0.3, 0.4) is 0 Å². The quantitative estimate of drug-likeness (QED) is 0.110. The van der Waals surface area contributed by atoms with Gasteiger partial charge in [0.1, 0.15) is 18.2 Å². The van der Waals surface area contributed by atoms with Crippen LogP contribution < -0.4 is 19.6 Å². The Labute approximate surface area is 318 Å². The van der Waals surface area contributed by atoms with E-state index < -0.39 is 17.8 Å². The zero-order valence-electron chi connectivity index (χ0n) is 26.8. The molecule has 2 heterocycles. The summed E-state index contributed by atoms with van der Waals surface area (Å²) in [5.74, 6) is -0.861. The van der Waals surface area contributed by atoms with Gasteiger partial charge in [-0.2, -0.15) is 0 Å². The third kappa shape index (κ3) is 7.61. The van der Waals surface area contributed by atoms with Gasteiger partial charge in [-0.05, 0) is 113 Å². The van der Waals surface area contributed by atoms with E-state index >= 15 is 0 Å². The summed E-state index contributed by atoms with van der Waals surface area (Å²) in [6.07, 6.45) is 1.77. The molecule has 0 N–H and O–H groups in total. The van der Waals surface area contributed by atoms with Crippen LogP contribution >= 0.6 is 56.5 Å². The molecule has 1 aliphatic rings. The molecule has 8 nitrogen and oxygen atoms in total. The Morgan fingerprint density at radius 1 is 0.920 bits per heavy atom. The highest BCUT2D eigenvalue weighted by Gasteiger charge is 2.35. The van der Waals surface area contributed by atoms with Crippen molar-refractivity contribution in [3.8, 4) is 5.75 Å². The molecule has 0 bridgehead atoms. The number of benzene rings is 4. The van der Waals surface area contributed by atoms with Crippen LogP contribution in [0.4, 0.5) is 4.39 Å². The predicted molar refractivity (Wildman–Crippen MR) is 206 cm³/mol. The van der Waals surface area contributed by atoms with Crippen molar-refractivity contribution >= 4 is 80.2 Å². The molecule has 254 valence electrons. The number of hydrogen-bond acceptors (Lipinski definition) is 8. The Balaban J connectivity index is 1.48. The summed E-state index contributed by atoms with van der Waals surface area (Å²) < 4.78 is 34.7. The Kier molecular flexibility index (Phi) is 11.3. The van der Waals surface area contributed by atoms with Crippen LogP contribution in [0, 0.1) is 13.0 Å². The smallest absolute Gasteiger partial charge is 0.338 e. The van der Waals surface area contributed by atoms with Crippen LogP contribution in [0.1, 0.15) is 52.5 Å². The molecule has 1 aromatic heterocycles. The Hall–Kier alpha value is -4.15. The number of fused-ring (bicyclic) bond motifs is 1. The molecule has 0 aliphatic carbocycles. The topological polar surface area (TPSA) is 96.2 Å². The van der Waals surface area contributed by atoms with Crippen LogP contribution in [0.5, 0.6) is 5.75 Å². The third-order valence-electron chi connectivity index (χ3n) is 7.73. The maximum Gasteiger partial charge on any atom is 0.338 e. The number of hydrogen-bond donors (Lipinski definition) is 0. The van der Waals surface area contributed by atoms with Gasteiger partial charge in [0.15, 0.2) is 4.80 Å². The van der Waals surface area contributed by atoms with Crippen LogP contribution in [0.25, 0.3) is 11.8 Å². The number of esters is 2. The summed E-state index contributed by atoms with van der Waals surface area (Å²) >= 11 is 5.62. The minimum Gasteiger partial charge on any atom is -0.487 e. The van der Waals surface area contributed by atoms with Gasteiger partial charge in [-0.15, -0.1) is 0 Å². The molecule has 0 fully saturated rings. The van der Waals surface area contributed by atoms with Crippen molar-refractivity contribution in [3.05, 3.63) is 157 Å². The van der Waals surface area contributed by atoms with Gasteiger partial charge in [0.25, 0.3) is 5.56 Å². The van der Waals surface area contributed by atoms with Crippen molar-refractivity contribution in [2.75, 3.05) is 13.2 Å². The fourth-order valence-corrected chi connectivity index (χ4v) is 8.53. The predicted octanol–water partition coefficient (Wildman–Crippen LogP) is 7.04. The van der Waals surface area contributed by atoms with E-state index in [1.807, 2.05) is 54.6 Å². The molecule has 5 aromatic rings. The van der Waals surface area contributed by atoms with E-state index in [0.29, 0.717) is 49.6 Å². The van der Waals surface area contributed by atoms with Gasteiger partial charge in [0, 0.05) is 14.7 Å². The molecule has 0 saturated carbocycles. The first-order valence-corrected chi connectivity index (χ1v) is 18.6. The van der Waals surface area contributed by atoms with Gasteiger partial charge in [-0.1, -0.05) is 65.9 Å². The van der Waals surface area contributed by atoms with Gasteiger partial charge < -0.3 is 14.2 Å². The normalized spacial score (nSPS) is 14.2. The molecule has 50 heavy (non-hydrogen) atoms.